The van der Waals surface area contributed by atoms with Crippen molar-refractivity contribution in [2.75, 3.05) is 6.54 Å². The minimum Gasteiger partial charge on any atom is -0.366 e. The molecule has 3 rings (SSSR count). The highest BCUT2D eigenvalue weighted by Gasteiger charge is 2.12. The number of hydrogen-bond acceptors (Lipinski definition) is 3. The zero-order valence-corrected chi connectivity index (χ0v) is 14.9. The van der Waals surface area contributed by atoms with E-state index in [0.717, 1.165) is 26.9 Å². The van der Waals surface area contributed by atoms with E-state index in [0.29, 0.717) is 24.1 Å². The minimum absolute atomic E-state index is 0.0897. The molecule has 0 radical (unpaired) electrons. The molecule has 3 N–H and O–H groups in total. The largest absolute Gasteiger partial charge is 0.366 e. The molecule has 0 aliphatic rings. The lowest BCUT2D eigenvalue weighted by atomic mass is 10.1. The van der Waals surface area contributed by atoms with Crippen molar-refractivity contribution in [1.82, 2.24) is 5.32 Å². The fourth-order valence-corrected chi connectivity index (χ4v) is 3.92. The number of carbonyl (C=O) groups excluding carboxylic acids is 2. The summed E-state index contributed by atoms with van der Waals surface area (Å²) in [6.45, 7) is 2.52. The third kappa shape index (κ3) is 3.88. The summed E-state index contributed by atoms with van der Waals surface area (Å²) >= 11 is 1.59. The third-order valence-electron chi connectivity index (χ3n) is 4.12. The van der Waals surface area contributed by atoms with Gasteiger partial charge in [-0.25, -0.2) is 0 Å². The molecule has 1 heterocycles. The van der Waals surface area contributed by atoms with E-state index >= 15 is 0 Å². The minimum atomic E-state index is -0.389. The topological polar surface area (TPSA) is 72.2 Å². The van der Waals surface area contributed by atoms with Gasteiger partial charge in [-0.3, -0.25) is 9.59 Å². The Balaban J connectivity index is 1.63. The Bertz CT molecular complexity index is 930. The maximum Gasteiger partial charge on any atom is 0.251 e. The van der Waals surface area contributed by atoms with Gasteiger partial charge in [0.15, 0.2) is 0 Å². The fraction of sp³-hybridized carbons (Fsp3) is 0.200. The number of nitrogens with two attached hydrogens (primary N) is 1. The number of carbonyl (C=O) groups is 2. The first-order valence-corrected chi connectivity index (χ1v) is 9.08. The van der Waals surface area contributed by atoms with Crippen LogP contribution in [0.15, 0.2) is 48.5 Å². The molecule has 0 aliphatic heterocycles. The molecule has 0 fully saturated rings. The van der Waals surface area contributed by atoms with Gasteiger partial charge in [0, 0.05) is 21.9 Å². The number of fused-ring (bicyclic) bond motifs is 1. The van der Waals surface area contributed by atoms with Crippen LogP contribution in [0.4, 0.5) is 0 Å². The number of primary amides is 1. The smallest absolute Gasteiger partial charge is 0.251 e. The van der Waals surface area contributed by atoms with E-state index < -0.39 is 0 Å². The predicted molar refractivity (Wildman–Crippen MR) is 102 cm³/mol. The van der Waals surface area contributed by atoms with E-state index in [9.17, 15) is 9.59 Å². The second-order valence-electron chi connectivity index (χ2n) is 5.84. The summed E-state index contributed by atoms with van der Waals surface area (Å²) in [5.41, 5.74) is 6.65. The molecule has 0 saturated carbocycles. The maximum absolute atomic E-state index is 12.3. The summed E-state index contributed by atoms with van der Waals surface area (Å²) < 4.78 is 0. The van der Waals surface area contributed by atoms with E-state index in [1.54, 1.807) is 11.3 Å². The quantitative estimate of drug-likeness (QED) is 0.712. The van der Waals surface area contributed by atoms with Crippen LogP contribution in [0.25, 0.3) is 10.8 Å². The number of amides is 2. The summed E-state index contributed by atoms with van der Waals surface area (Å²) in [4.78, 5) is 25.8. The molecule has 2 amide bonds. The van der Waals surface area contributed by atoms with Gasteiger partial charge in [0.25, 0.3) is 5.91 Å². The van der Waals surface area contributed by atoms with Crippen molar-refractivity contribution >= 4 is 33.9 Å². The van der Waals surface area contributed by atoms with Crippen molar-refractivity contribution in [1.29, 1.82) is 0 Å². The second kappa shape index (κ2) is 7.49. The molecule has 0 saturated heterocycles. The van der Waals surface area contributed by atoms with Crippen LogP contribution in [0.3, 0.4) is 0 Å². The summed E-state index contributed by atoms with van der Waals surface area (Å²) in [5, 5.41) is 5.10. The highest BCUT2D eigenvalue weighted by atomic mass is 32.1. The summed E-state index contributed by atoms with van der Waals surface area (Å²) in [6.07, 6.45) is 1.47. The van der Waals surface area contributed by atoms with Crippen molar-refractivity contribution in [2.45, 2.75) is 19.8 Å². The van der Waals surface area contributed by atoms with Crippen LogP contribution < -0.4 is 11.1 Å². The van der Waals surface area contributed by atoms with Gasteiger partial charge in [-0.1, -0.05) is 37.3 Å². The van der Waals surface area contributed by atoms with Crippen LogP contribution in [-0.4, -0.2) is 18.4 Å². The number of nitrogens with one attached hydrogen (secondary N) is 1. The van der Waals surface area contributed by atoms with Crippen molar-refractivity contribution < 1.29 is 9.59 Å². The zero-order valence-electron chi connectivity index (χ0n) is 14.0. The number of hydrogen-bond donors (Lipinski definition) is 2. The van der Waals surface area contributed by atoms with Crippen LogP contribution in [0.2, 0.25) is 0 Å². The average Bonchev–Trinajstić information content (AvgIpc) is 3.05. The predicted octanol–water partition coefficient (Wildman–Crippen LogP) is 3.54. The van der Waals surface area contributed by atoms with E-state index in [1.165, 1.54) is 0 Å². The molecule has 2 aromatic carbocycles. The average molecular weight is 352 g/mol. The summed E-state index contributed by atoms with van der Waals surface area (Å²) in [5.74, 6) is -0.479. The maximum atomic E-state index is 12.3. The summed E-state index contributed by atoms with van der Waals surface area (Å²) in [6, 6.07) is 15.5. The number of benzene rings is 2. The van der Waals surface area contributed by atoms with Gasteiger partial charge in [0.1, 0.15) is 0 Å². The van der Waals surface area contributed by atoms with Crippen LogP contribution in [0.5, 0.6) is 0 Å². The van der Waals surface area contributed by atoms with E-state index in [2.05, 4.69) is 5.32 Å². The van der Waals surface area contributed by atoms with Crippen molar-refractivity contribution in [3.8, 4) is 0 Å². The Hall–Kier alpha value is -2.66. The molecule has 0 atom stereocenters. The molecule has 0 unspecified atom stereocenters. The number of thiophene rings is 1. The van der Waals surface area contributed by atoms with Gasteiger partial charge in [0.05, 0.1) is 5.56 Å². The van der Waals surface area contributed by atoms with Gasteiger partial charge in [-0.15, -0.1) is 11.3 Å². The molecule has 3 aromatic rings. The Morgan fingerprint density at radius 3 is 2.52 bits per heavy atom. The lowest BCUT2D eigenvalue weighted by Crippen LogP contribution is -2.25. The van der Waals surface area contributed by atoms with Crippen LogP contribution >= 0.6 is 11.3 Å². The molecule has 0 spiro atoms. The van der Waals surface area contributed by atoms with E-state index in [-0.39, 0.29) is 11.8 Å². The lowest BCUT2D eigenvalue weighted by Gasteiger charge is -2.05. The Labute approximate surface area is 150 Å². The normalized spacial score (nSPS) is 10.8. The number of rotatable bonds is 6. The van der Waals surface area contributed by atoms with Gasteiger partial charge in [0.2, 0.25) is 5.91 Å². The molecule has 25 heavy (non-hydrogen) atoms. The van der Waals surface area contributed by atoms with Crippen molar-refractivity contribution in [2.24, 2.45) is 5.73 Å². The first kappa shape index (κ1) is 17.2. The van der Waals surface area contributed by atoms with Crippen LogP contribution in [0, 0.1) is 0 Å². The second-order valence-corrected chi connectivity index (χ2v) is 7.06. The summed E-state index contributed by atoms with van der Waals surface area (Å²) in [7, 11) is 0. The number of aryl methyl sites for hydroxylation is 1. The molecule has 128 valence electrons. The third-order valence-corrected chi connectivity index (χ3v) is 5.45. The standard InChI is InChI=1S/C20H20N2O2S/c1-2-18-17(19(21)23)12-16(25-18)9-10-22-20(24)15-8-7-13-5-3-4-6-14(13)11-15/h3-8,11-12H,2,9-10H2,1H3,(H2,21,23)(H,22,24). The Kier molecular flexibility index (Phi) is 5.14. The Morgan fingerprint density at radius 1 is 1.08 bits per heavy atom. The highest BCUT2D eigenvalue weighted by molar-refractivity contribution is 7.12. The molecule has 5 heteroatoms. The SMILES string of the molecule is CCc1sc(CCNC(=O)c2ccc3ccccc3c2)cc1C(N)=O. The molecule has 1 aromatic heterocycles. The first-order valence-electron chi connectivity index (χ1n) is 8.27. The lowest BCUT2D eigenvalue weighted by molar-refractivity contribution is 0.0952. The van der Waals surface area contributed by atoms with E-state index in [1.807, 2.05) is 55.5 Å². The van der Waals surface area contributed by atoms with E-state index in [4.69, 9.17) is 5.73 Å². The zero-order chi connectivity index (χ0) is 17.8. The molecular weight excluding hydrogens is 332 g/mol. The van der Waals surface area contributed by atoms with Gasteiger partial charge in [-0.05, 0) is 41.8 Å². The highest BCUT2D eigenvalue weighted by Crippen LogP contribution is 2.23. The van der Waals surface area contributed by atoms with Crippen molar-refractivity contribution in [3.05, 3.63) is 69.4 Å². The fourth-order valence-electron chi connectivity index (χ4n) is 2.81. The van der Waals surface area contributed by atoms with Gasteiger partial charge >= 0.3 is 0 Å². The van der Waals surface area contributed by atoms with Crippen LogP contribution in [0.1, 0.15) is 37.4 Å². The molecule has 0 bridgehead atoms. The van der Waals surface area contributed by atoms with Crippen molar-refractivity contribution in [3.63, 3.8) is 0 Å². The Morgan fingerprint density at radius 2 is 1.84 bits per heavy atom. The molecule has 4 nitrogen and oxygen atoms in total. The van der Waals surface area contributed by atoms with Gasteiger partial charge in [-0.2, -0.15) is 0 Å². The van der Waals surface area contributed by atoms with Gasteiger partial charge < -0.3 is 11.1 Å². The molecular formula is C20H20N2O2S. The molecule has 0 aliphatic carbocycles. The van der Waals surface area contributed by atoms with Crippen LogP contribution in [-0.2, 0) is 12.8 Å². The first-order chi connectivity index (χ1) is 12.1. The monoisotopic (exact) mass is 352 g/mol.